The third kappa shape index (κ3) is 3.87. The molecule has 12 heteroatoms. The molecule has 3 aromatic rings. The van der Waals surface area contributed by atoms with E-state index in [2.05, 4.69) is 20.4 Å². The van der Waals surface area contributed by atoms with E-state index in [1.165, 1.54) is 0 Å². The molecule has 32 heavy (non-hydrogen) atoms. The van der Waals surface area contributed by atoms with Gasteiger partial charge in [0.25, 0.3) is 0 Å². The number of rotatable bonds is 5. The lowest BCUT2D eigenvalue weighted by Crippen LogP contribution is -2.53. The van der Waals surface area contributed by atoms with Crippen molar-refractivity contribution in [3.63, 3.8) is 0 Å². The molecule has 0 saturated carbocycles. The molecule has 2 fully saturated rings. The van der Waals surface area contributed by atoms with E-state index in [0.29, 0.717) is 28.2 Å². The predicted molar refractivity (Wildman–Crippen MR) is 116 cm³/mol. The molecule has 172 valence electrons. The van der Waals surface area contributed by atoms with E-state index < -0.39 is 17.7 Å². The van der Waals surface area contributed by atoms with E-state index in [-0.39, 0.29) is 45.8 Å². The lowest BCUT2D eigenvalue weighted by atomic mass is 9.95. The lowest BCUT2D eigenvalue weighted by molar-refractivity contribution is -0.0327. The number of nitrogens with zero attached hydrogens (tertiary/aromatic N) is 3. The van der Waals surface area contributed by atoms with Gasteiger partial charge in [-0.05, 0) is 44.1 Å². The van der Waals surface area contributed by atoms with Crippen LogP contribution in [0.25, 0.3) is 20.8 Å². The Kier molecular flexibility index (Phi) is 5.59. The van der Waals surface area contributed by atoms with Crippen molar-refractivity contribution in [1.29, 1.82) is 0 Å². The zero-order chi connectivity index (χ0) is 22.6. The number of aromatic nitrogens is 2. The molecule has 0 amide bonds. The minimum atomic E-state index is -4.50. The molecular weight excluding hydrogens is 466 g/mol. The molecule has 2 aliphatic heterocycles. The molecular formula is C20H21F4N5OS2. The minimum absolute atomic E-state index is 0.00534. The standard InChI is InChI=1S/C20H21F4N5OS2/c1-29-9-5-6-13(29)15(21)12(7-9)26-11-4-2-3-10-16(11)31-18(17(10)32-20(22,23)24)19-27-14(8-25)30-28-19/h2-4,9,12-13,15,26H,5-8,25H2,1H3/t9-,12-,13+,15-/m1/s1. The molecule has 2 aromatic heterocycles. The van der Waals surface area contributed by atoms with Crippen LogP contribution in [-0.4, -0.2) is 51.9 Å². The Labute approximate surface area is 189 Å². The Morgan fingerprint density at radius 1 is 1.34 bits per heavy atom. The number of anilines is 1. The molecule has 0 unspecified atom stereocenters. The van der Waals surface area contributed by atoms with Gasteiger partial charge in [0.05, 0.1) is 27.9 Å². The molecule has 2 bridgehead atoms. The van der Waals surface area contributed by atoms with Crippen molar-refractivity contribution in [2.24, 2.45) is 5.73 Å². The summed E-state index contributed by atoms with van der Waals surface area (Å²) >= 11 is 0.924. The maximum atomic E-state index is 15.2. The number of nitrogens with one attached hydrogen (secondary N) is 1. The van der Waals surface area contributed by atoms with Gasteiger partial charge in [-0.2, -0.15) is 18.2 Å². The average Bonchev–Trinajstić information content (AvgIpc) is 3.41. The molecule has 4 heterocycles. The number of thiophene rings is 1. The Bertz CT molecular complexity index is 1130. The van der Waals surface area contributed by atoms with Crippen LogP contribution in [0.15, 0.2) is 27.6 Å². The van der Waals surface area contributed by atoms with E-state index in [1.807, 2.05) is 7.05 Å². The highest BCUT2D eigenvalue weighted by Crippen LogP contribution is 2.51. The van der Waals surface area contributed by atoms with Crippen LogP contribution in [0.4, 0.5) is 23.2 Å². The maximum Gasteiger partial charge on any atom is 0.446 e. The van der Waals surface area contributed by atoms with Gasteiger partial charge < -0.3 is 15.6 Å². The minimum Gasteiger partial charge on any atom is -0.378 e. The molecule has 6 nitrogen and oxygen atoms in total. The van der Waals surface area contributed by atoms with E-state index in [4.69, 9.17) is 10.3 Å². The lowest BCUT2D eigenvalue weighted by Gasteiger charge is -2.39. The molecule has 5 rings (SSSR count). The third-order valence-electron chi connectivity index (χ3n) is 6.25. The first kappa shape index (κ1) is 21.9. The topological polar surface area (TPSA) is 80.2 Å². The van der Waals surface area contributed by atoms with Crippen LogP contribution < -0.4 is 11.1 Å². The molecule has 1 aromatic carbocycles. The highest BCUT2D eigenvalue weighted by atomic mass is 32.2. The first-order valence-electron chi connectivity index (χ1n) is 10.2. The largest absolute Gasteiger partial charge is 0.446 e. The van der Waals surface area contributed by atoms with Gasteiger partial charge in [-0.3, -0.25) is 4.90 Å². The van der Waals surface area contributed by atoms with Gasteiger partial charge in [-0.25, -0.2) is 4.39 Å². The second-order valence-electron chi connectivity index (χ2n) is 8.10. The van der Waals surface area contributed by atoms with Crippen LogP contribution in [0.5, 0.6) is 0 Å². The molecule has 0 spiro atoms. The number of thioether (sulfide) groups is 1. The fraction of sp³-hybridized carbons (Fsp3) is 0.500. The molecule has 2 aliphatic rings. The van der Waals surface area contributed by atoms with Gasteiger partial charge in [-0.1, -0.05) is 17.3 Å². The number of hydrogen-bond donors (Lipinski definition) is 2. The third-order valence-corrected chi connectivity index (χ3v) is 8.47. The zero-order valence-corrected chi connectivity index (χ0v) is 18.7. The van der Waals surface area contributed by atoms with Crippen LogP contribution in [0.1, 0.15) is 25.2 Å². The molecule has 3 N–H and O–H groups in total. The van der Waals surface area contributed by atoms with E-state index >= 15 is 4.39 Å². The van der Waals surface area contributed by atoms with Crippen molar-refractivity contribution < 1.29 is 22.1 Å². The Hall–Kier alpha value is -1.89. The Morgan fingerprint density at radius 3 is 2.88 bits per heavy atom. The summed E-state index contributed by atoms with van der Waals surface area (Å²) in [4.78, 5) is 6.48. The van der Waals surface area contributed by atoms with Gasteiger partial charge in [0.2, 0.25) is 11.7 Å². The van der Waals surface area contributed by atoms with Crippen LogP contribution in [0.2, 0.25) is 0 Å². The predicted octanol–water partition coefficient (Wildman–Crippen LogP) is 5.01. The summed E-state index contributed by atoms with van der Waals surface area (Å²) in [5.74, 6) is 0.200. The van der Waals surface area contributed by atoms with Crippen LogP contribution in [0, 0.1) is 0 Å². The van der Waals surface area contributed by atoms with Crippen molar-refractivity contribution in [3.8, 4) is 10.7 Å². The fourth-order valence-corrected chi connectivity index (χ4v) is 6.85. The van der Waals surface area contributed by atoms with E-state index in [0.717, 1.165) is 24.2 Å². The Balaban J connectivity index is 1.55. The number of halogens is 4. The second kappa shape index (κ2) is 8.15. The zero-order valence-electron chi connectivity index (χ0n) is 17.0. The highest BCUT2D eigenvalue weighted by Gasteiger charge is 2.46. The normalized spacial score (nSPS) is 26.2. The summed E-state index contributed by atoms with van der Waals surface area (Å²) in [6.07, 6.45) is 1.38. The summed E-state index contributed by atoms with van der Waals surface area (Å²) in [5.41, 5.74) is 1.62. The monoisotopic (exact) mass is 487 g/mol. The first-order valence-corrected chi connectivity index (χ1v) is 11.8. The fourth-order valence-electron chi connectivity index (χ4n) is 4.74. The molecule has 2 saturated heterocycles. The quantitative estimate of drug-likeness (QED) is 0.387. The smallest absolute Gasteiger partial charge is 0.378 e. The maximum absolute atomic E-state index is 15.2. The Morgan fingerprint density at radius 2 is 2.16 bits per heavy atom. The number of nitrogens with two attached hydrogens (primary N) is 1. The number of piperidine rings is 1. The van der Waals surface area contributed by atoms with Gasteiger partial charge in [0.15, 0.2) is 0 Å². The highest BCUT2D eigenvalue weighted by molar-refractivity contribution is 8.00. The van der Waals surface area contributed by atoms with E-state index in [1.54, 1.807) is 18.2 Å². The average molecular weight is 488 g/mol. The molecule has 0 radical (unpaired) electrons. The summed E-state index contributed by atoms with van der Waals surface area (Å²) in [6.45, 7) is -0.0111. The van der Waals surface area contributed by atoms with Gasteiger partial charge in [-0.15, -0.1) is 11.3 Å². The van der Waals surface area contributed by atoms with Crippen LogP contribution >= 0.6 is 23.1 Å². The van der Waals surface area contributed by atoms with Gasteiger partial charge in [0, 0.05) is 22.4 Å². The summed E-state index contributed by atoms with van der Waals surface area (Å²) in [7, 11) is 1.96. The second-order valence-corrected chi connectivity index (χ2v) is 10.2. The number of alkyl halides is 4. The molecule has 0 aliphatic carbocycles. The summed E-state index contributed by atoms with van der Waals surface area (Å²) in [6, 6.07) is 4.87. The van der Waals surface area contributed by atoms with Crippen molar-refractivity contribution in [3.05, 3.63) is 24.1 Å². The van der Waals surface area contributed by atoms with Crippen LogP contribution in [0.3, 0.4) is 0 Å². The molecule has 4 atom stereocenters. The SMILES string of the molecule is CN1[C@@H]2CC[C@H]1[C@H](F)[C@H](Nc1cccc3c(SC(F)(F)F)c(-c4noc(CN)n4)sc13)C2. The number of hydrogen-bond acceptors (Lipinski definition) is 8. The number of benzene rings is 1. The summed E-state index contributed by atoms with van der Waals surface area (Å²) in [5, 5.41) is 7.53. The van der Waals surface area contributed by atoms with Crippen molar-refractivity contribution in [2.45, 2.75) is 60.5 Å². The van der Waals surface area contributed by atoms with Gasteiger partial charge in [0.1, 0.15) is 6.17 Å². The van der Waals surface area contributed by atoms with E-state index in [9.17, 15) is 13.2 Å². The first-order chi connectivity index (χ1) is 15.2. The number of fused-ring (bicyclic) bond motifs is 3. The van der Waals surface area contributed by atoms with Crippen molar-refractivity contribution >= 4 is 38.9 Å². The van der Waals surface area contributed by atoms with Crippen molar-refractivity contribution in [1.82, 2.24) is 15.0 Å². The van der Waals surface area contributed by atoms with Gasteiger partial charge >= 0.3 is 5.51 Å². The van der Waals surface area contributed by atoms with Crippen molar-refractivity contribution in [2.75, 3.05) is 12.4 Å². The van der Waals surface area contributed by atoms with Crippen LogP contribution in [-0.2, 0) is 6.54 Å². The summed E-state index contributed by atoms with van der Waals surface area (Å²) < 4.78 is 61.0.